The highest BCUT2D eigenvalue weighted by molar-refractivity contribution is 7.10. The van der Waals surface area contributed by atoms with Crippen molar-refractivity contribution in [2.24, 2.45) is 0 Å². The van der Waals surface area contributed by atoms with E-state index in [1.54, 1.807) is 59.0 Å². The largest absolute Gasteiger partial charge is 0.320 e. The maximum Gasteiger partial charge on any atom is 0.192 e. The fraction of sp³-hybridized carbons (Fsp3) is 0.133. The van der Waals surface area contributed by atoms with Gasteiger partial charge in [0.15, 0.2) is 5.78 Å². The highest BCUT2D eigenvalue weighted by atomic mass is 32.1. The third-order valence-electron chi connectivity index (χ3n) is 3.56. The molecular weight excluding hydrogens is 344 g/mol. The van der Waals surface area contributed by atoms with Gasteiger partial charge in [0, 0.05) is 47.9 Å². The van der Waals surface area contributed by atoms with Crippen molar-refractivity contribution in [1.82, 2.24) is 29.1 Å². The third kappa shape index (κ3) is 2.68. The van der Waals surface area contributed by atoms with Crippen LogP contribution < -0.4 is 0 Å². The summed E-state index contributed by atoms with van der Waals surface area (Å²) in [6.07, 6.45) is 13.5. The fourth-order valence-electron chi connectivity index (χ4n) is 2.53. The van der Waals surface area contributed by atoms with Crippen LogP contribution in [0.3, 0.4) is 0 Å². The van der Waals surface area contributed by atoms with Crippen molar-refractivity contribution < 1.29 is 4.79 Å². The van der Waals surface area contributed by atoms with Gasteiger partial charge < -0.3 is 9.13 Å². The smallest absolute Gasteiger partial charge is 0.192 e. The van der Waals surface area contributed by atoms with Crippen molar-refractivity contribution in [3.8, 4) is 0 Å². The molecule has 4 aromatic rings. The molecule has 9 heteroatoms. The summed E-state index contributed by atoms with van der Waals surface area (Å²) in [7, 11) is 0. The van der Waals surface area contributed by atoms with Crippen LogP contribution in [0.4, 0.5) is 0 Å². The molecule has 0 fully saturated rings. The van der Waals surface area contributed by atoms with E-state index in [1.807, 2.05) is 10.8 Å². The van der Waals surface area contributed by atoms with Gasteiger partial charge in [-0.1, -0.05) is 0 Å². The van der Waals surface area contributed by atoms with E-state index in [2.05, 4.69) is 19.9 Å². The molecule has 24 heavy (non-hydrogen) atoms. The van der Waals surface area contributed by atoms with E-state index in [1.165, 1.54) is 22.7 Å². The third-order valence-corrected chi connectivity index (χ3v) is 5.21. The zero-order chi connectivity index (χ0) is 16.4. The van der Waals surface area contributed by atoms with Gasteiger partial charge in [0.05, 0.1) is 12.7 Å². The second-order valence-corrected chi connectivity index (χ2v) is 6.82. The van der Waals surface area contributed by atoms with Crippen molar-refractivity contribution in [3.63, 3.8) is 0 Å². The van der Waals surface area contributed by atoms with Gasteiger partial charge in [-0.05, 0) is 0 Å². The Morgan fingerprint density at radius 2 is 1.33 bits per heavy atom. The molecule has 0 bridgehead atoms. The first-order chi connectivity index (χ1) is 11.8. The molecule has 4 rings (SSSR count). The van der Waals surface area contributed by atoms with E-state index < -0.39 is 12.1 Å². The molecule has 0 aliphatic heterocycles. The number of Topliss-reactive ketones (excluding diaryl/α,β-unsaturated/α-hetero) is 1. The van der Waals surface area contributed by atoms with Crippen LogP contribution in [-0.2, 0) is 4.79 Å². The summed E-state index contributed by atoms with van der Waals surface area (Å²) in [5.41, 5.74) is 0. The molecule has 0 aromatic carbocycles. The molecule has 0 spiro atoms. The highest BCUT2D eigenvalue weighted by Gasteiger charge is 2.34. The van der Waals surface area contributed by atoms with Crippen LogP contribution in [0.5, 0.6) is 0 Å². The Labute approximate surface area is 145 Å². The monoisotopic (exact) mass is 356 g/mol. The molecule has 0 aliphatic rings. The zero-order valence-electron chi connectivity index (χ0n) is 12.3. The van der Waals surface area contributed by atoms with E-state index in [4.69, 9.17) is 0 Å². The Hall–Kier alpha value is -2.65. The van der Waals surface area contributed by atoms with Gasteiger partial charge in [-0.2, -0.15) is 0 Å². The molecule has 0 aliphatic carbocycles. The number of rotatable bonds is 6. The fourth-order valence-corrected chi connectivity index (χ4v) is 4.02. The minimum atomic E-state index is -0.552. The van der Waals surface area contributed by atoms with Gasteiger partial charge in [0.1, 0.15) is 22.1 Å². The van der Waals surface area contributed by atoms with Crippen molar-refractivity contribution >= 4 is 28.5 Å². The lowest BCUT2D eigenvalue weighted by molar-refractivity contribution is -0.123. The zero-order valence-corrected chi connectivity index (χ0v) is 14.0. The molecule has 7 nitrogen and oxygen atoms in total. The van der Waals surface area contributed by atoms with Gasteiger partial charge in [-0.15, -0.1) is 22.7 Å². The predicted molar refractivity (Wildman–Crippen MR) is 90.0 cm³/mol. The molecule has 0 saturated heterocycles. The average molecular weight is 356 g/mol. The van der Waals surface area contributed by atoms with Crippen LogP contribution >= 0.6 is 22.7 Å². The van der Waals surface area contributed by atoms with Crippen molar-refractivity contribution in [2.75, 3.05) is 0 Å². The second-order valence-electron chi connectivity index (χ2n) is 4.97. The number of thiazole rings is 2. The van der Waals surface area contributed by atoms with Gasteiger partial charge in [-0.25, -0.2) is 19.9 Å². The number of carbonyl (C=O) groups excluding carboxylic acids is 1. The molecule has 0 amide bonds. The number of hydrogen-bond donors (Lipinski definition) is 0. The number of nitrogens with zero attached hydrogens (tertiary/aromatic N) is 6. The van der Waals surface area contributed by atoms with E-state index in [9.17, 15) is 4.79 Å². The van der Waals surface area contributed by atoms with E-state index in [0.717, 1.165) is 10.0 Å². The van der Waals surface area contributed by atoms with Crippen molar-refractivity contribution in [3.05, 3.63) is 70.6 Å². The van der Waals surface area contributed by atoms with Crippen molar-refractivity contribution in [1.29, 1.82) is 0 Å². The Kier molecular flexibility index (Phi) is 4.01. The summed E-state index contributed by atoms with van der Waals surface area (Å²) in [6, 6.07) is -1.10. The summed E-state index contributed by atoms with van der Waals surface area (Å²) in [6.45, 7) is 0. The Balaban J connectivity index is 1.80. The van der Waals surface area contributed by atoms with Crippen molar-refractivity contribution in [2.45, 2.75) is 12.1 Å². The SMILES string of the molecule is O=C(C(c1nccs1)n1ccnc1)C(c1nccs1)n1ccnc1. The molecule has 0 radical (unpaired) electrons. The summed E-state index contributed by atoms with van der Waals surface area (Å²) < 4.78 is 3.55. The minimum absolute atomic E-state index is 0.0316. The number of hydrogen-bond acceptors (Lipinski definition) is 7. The van der Waals surface area contributed by atoms with E-state index in [-0.39, 0.29) is 5.78 Å². The first kappa shape index (κ1) is 14.9. The summed E-state index contributed by atoms with van der Waals surface area (Å²) in [5, 5.41) is 5.17. The lowest BCUT2D eigenvalue weighted by Gasteiger charge is -2.21. The predicted octanol–water partition coefficient (Wildman–Crippen LogP) is 2.44. The summed E-state index contributed by atoms with van der Waals surface area (Å²) in [5.74, 6) is -0.0316. The van der Waals surface area contributed by atoms with Crippen LogP contribution in [-0.4, -0.2) is 34.9 Å². The topological polar surface area (TPSA) is 78.5 Å². The quantitative estimate of drug-likeness (QED) is 0.530. The minimum Gasteiger partial charge on any atom is -0.320 e. The Morgan fingerprint density at radius 1 is 0.833 bits per heavy atom. The normalized spacial score (nSPS) is 13.7. The van der Waals surface area contributed by atoms with Crippen LogP contribution in [0.15, 0.2) is 60.6 Å². The molecule has 0 N–H and O–H groups in total. The van der Waals surface area contributed by atoms with E-state index >= 15 is 0 Å². The Morgan fingerprint density at radius 3 is 1.67 bits per heavy atom. The number of carbonyl (C=O) groups is 1. The van der Waals surface area contributed by atoms with Crippen LogP contribution in [0.1, 0.15) is 22.1 Å². The highest BCUT2D eigenvalue weighted by Crippen LogP contribution is 2.31. The van der Waals surface area contributed by atoms with Gasteiger partial charge in [0.25, 0.3) is 0 Å². The van der Waals surface area contributed by atoms with E-state index in [0.29, 0.717) is 0 Å². The molecule has 0 saturated carbocycles. The number of ketones is 1. The van der Waals surface area contributed by atoms with Gasteiger partial charge >= 0.3 is 0 Å². The number of aromatic nitrogens is 6. The summed E-state index contributed by atoms with van der Waals surface area (Å²) in [4.78, 5) is 30.3. The molecule has 4 aromatic heterocycles. The maximum atomic E-state index is 13.5. The first-order valence-corrected chi connectivity index (χ1v) is 8.88. The first-order valence-electron chi connectivity index (χ1n) is 7.12. The van der Waals surface area contributed by atoms with Crippen LogP contribution in [0.2, 0.25) is 0 Å². The molecule has 120 valence electrons. The lowest BCUT2D eigenvalue weighted by atomic mass is 10.1. The average Bonchev–Trinajstić information content (AvgIpc) is 3.38. The molecule has 4 heterocycles. The molecular formula is C15H12N6OS2. The van der Waals surface area contributed by atoms with Crippen LogP contribution in [0.25, 0.3) is 0 Å². The molecule has 2 unspecified atom stereocenters. The standard InChI is InChI=1S/C15H12N6OS2/c22-13(11(14-18-3-7-23-14)20-5-1-16-9-20)12(15-19-4-8-24-15)21-6-2-17-10-21/h1-12H. The Bertz CT molecular complexity index is 741. The number of imidazole rings is 2. The second kappa shape index (κ2) is 6.46. The van der Waals surface area contributed by atoms with Gasteiger partial charge in [0.2, 0.25) is 0 Å². The van der Waals surface area contributed by atoms with Gasteiger partial charge in [-0.3, -0.25) is 4.79 Å². The van der Waals surface area contributed by atoms with Crippen LogP contribution in [0, 0.1) is 0 Å². The maximum absolute atomic E-state index is 13.5. The summed E-state index contributed by atoms with van der Waals surface area (Å²) >= 11 is 2.89. The lowest BCUT2D eigenvalue weighted by Crippen LogP contribution is -2.29. The molecule has 2 atom stereocenters.